The molecule has 0 aromatic carbocycles. The molecule has 1 amide bonds. The van der Waals surface area contributed by atoms with E-state index in [9.17, 15) is 4.79 Å². The molecular weight excluding hydrogens is 328 g/mol. The lowest BCUT2D eigenvalue weighted by Crippen LogP contribution is -2.30. The number of aromatic nitrogens is 5. The minimum atomic E-state index is -0.323. The van der Waals surface area contributed by atoms with E-state index in [4.69, 9.17) is 11.6 Å². The maximum absolute atomic E-state index is 12.4. The van der Waals surface area contributed by atoms with Gasteiger partial charge in [-0.3, -0.25) is 9.48 Å². The Morgan fingerprint density at radius 2 is 2.08 bits per heavy atom. The average Bonchev–Trinajstić information content (AvgIpc) is 3.04. The van der Waals surface area contributed by atoms with Crippen molar-refractivity contribution in [2.75, 3.05) is 6.54 Å². The third-order valence-electron chi connectivity index (χ3n) is 3.78. The Labute approximate surface area is 144 Å². The van der Waals surface area contributed by atoms with Crippen LogP contribution in [0.15, 0.2) is 18.5 Å². The monoisotopic (exact) mass is 346 g/mol. The zero-order valence-corrected chi connectivity index (χ0v) is 14.8. The number of fused-ring (bicyclic) bond motifs is 1. The van der Waals surface area contributed by atoms with Crippen molar-refractivity contribution in [2.24, 2.45) is 0 Å². The van der Waals surface area contributed by atoms with Crippen LogP contribution in [0.1, 0.15) is 40.4 Å². The molecule has 0 aliphatic heterocycles. The fourth-order valence-electron chi connectivity index (χ4n) is 2.65. The Hall–Kier alpha value is -2.41. The van der Waals surface area contributed by atoms with Crippen LogP contribution in [-0.2, 0) is 0 Å². The standard InChI is InChI=1S/C16H19ClN6O/c1-9-6-18-15-13(17)14(21-22(15)8-9)16(24)19-7-12(4)23-11(3)5-10(2)20-23/h5-6,8,12H,7H2,1-4H3,(H,19,24). The van der Waals surface area contributed by atoms with Crippen LogP contribution < -0.4 is 5.32 Å². The molecule has 0 aliphatic carbocycles. The van der Waals surface area contributed by atoms with Gasteiger partial charge in [0.05, 0.1) is 11.7 Å². The Balaban J connectivity index is 1.75. The minimum Gasteiger partial charge on any atom is -0.348 e. The SMILES string of the molecule is Cc1cnc2c(Cl)c(C(=O)NCC(C)n3nc(C)cc3C)nn2c1. The summed E-state index contributed by atoms with van der Waals surface area (Å²) in [6.45, 7) is 8.26. The number of halogens is 1. The van der Waals surface area contributed by atoms with E-state index in [1.807, 2.05) is 38.4 Å². The maximum atomic E-state index is 12.4. The highest BCUT2D eigenvalue weighted by molar-refractivity contribution is 6.36. The van der Waals surface area contributed by atoms with Gasteiger partial charge in [-0.25, -0.2) is 9.50 Å². The van der Waals surface area contributed by atoms with Gasteiger partial charge in [-0.1, -0.05) is 11.6 Å². The van der Waals surface area contributed by atoms with Gasteiger partial charge < -0.3 is 5.32 Å². The van der Waals surface area contributed by atoms with Gasteiger partial charge >= 0.3 is 0 Å². The number of carbonyl (C=O) groups excluding carboxylic acids is 1. The lowest BCUT2D eigenvalue weighted by molar-refractivity contribution is 0.0942. The van der Waals surface area contributed by atoms with Crippen LogP contribution in [0, 0.1) is 20.8 Å². The summed E-state index contributed by atoms with van der Waals surface area (Å²) in [6.07, 6.45) is 3.47. The summed E-state index contributed by atoms with van der Waals surface area (Å²) in [7, 11) is 0. The number of nitrogens with one attached hydrogen (secondary N) is 1. The van der Waals surface area contributed by atoms with Crippen LogP contribution in [0.5, 0.6) is 0 Å². The first-order valence-electron chi connectivity index (χ1n) is 7.68. The molecule has 0 fully saturated rings. The molecule has 0 aliphatic rings. The van der Waals surface area contributed by atoms with Crippen molar-refractivity contribution in [1.29, 1.82) is 0 Å². The van der Waals surface area contributed by atoms with Crippen LogP contribution in [0.3, 0.4) is 0 Å². The quantitative estimate of drug-likeness (QED) is 0.787. The summed E-state index contributed by atoms with van der Waals surface area (Å²) in [5.74, 6) is -0.323. The highest BCUT2D eigenvalue weighted by Gasteiger charge is 2.20. The molecular formula is C16H19ClN6O. The van der Waals surface area contributed by atoms with Crippen molar-refractivity contribution in [1.82, 2.24) is 29.7 Å². The summed E-state index contributed by atoms with van der Waals surface area (Å²) in [6, 6.07) is 2.03. The molecule has 0 bridgehead atoms. The molecule has 3 rings (SSSR count). The zero-order chi connectivity index (χ0) is 17.4. The Morgan fingerprint density at radius 1 is 1.33 bits per heavy atom. The molecule has 0 saturated carbocycles. The molecule has 126 valence electrons. The fraction of sp³-hybridized carbons (Fsp3) is 0.375. The van der Waals surface area contributed by atoms with Crippen LogP contribution in [0.4, 0.5) is 0 Å². The van der Waals surface area contributed by atoms with Gasteiger partial charge in [0.2, 0.25) is 0 Å². The van der Waals surface area contributed by atoms with Crippen molar-refractivity contribution in [3.05, 3.63) is 46.1 Å². The van der Waals surface area contributed by atoms with E-state index in [2.05, 4.69) is 20.5 Å². The molecule has 1 unspecified atom stereocenters. The topological polar surface area (TPSA) is 77.1 Å². The van der Waals surface area contributed by atoms with E-state index < -0.39 is 0 Å². The second kappa shape index (κ2) is 6.24. The Kier molecular flexibility index (Phi) is 4.28. The number of aryl methyl sites for hydroxylation is 3. The Morgan fingerprint density at radius 3 is 2.75 bits per heavy atom. The second-order valence-electron chi connectivity index (χ2n) is 5.99. The van der Waals surface area contributed by atoms with Crippen LogP contribution in [-0.4, -0.2) is 36.8 Å². The smallest absolute Gasteiger partial charge is 0.273 e. The summed E-state index contributed by atoms with van der Waals surface area (Å²) < 4.78 is 3.42. The molecule has 0 radical (unpaired) electrons. The fourth-order valence-corrected chi connectivity index (χ4v) is 2.91. The minimum absolute atomic E-state index is 0.0267. The van der Waals surface area contributed by atoms with Crippen LogP contribution in [0.2, 0.25) is 5.02 Å². The van der Waals surface area contributed by atoms with Crippen LogP contribution in [0.25, 0.3) is 5.65 Å². The maximum Gasteiger partial charge on any atom is 0.273 e. The average molecular weight is 347 g/mol. The first-order valence-corrected chi connectivity index (χ1v) is 8.06. The number of hydrogen-bond donors (Lipinski definition) is 1. The molecule has 3 heterocycles. The van der Waals surface area contributed by atoms with E-state index in [1.165, 1.54) is 4.52 Å². The molecule has 0 saturated heterocycles. The molecule has 1 N–H and O–H groups in total. The van der Waals surface area contributed by atoms with Crippen LogP contribution >= 0.6 is 11.6 Å². The highest BCUT2D eigenvalue weighted by atomic mass is 35.5. The molecule has 8 heteroatoms. The third kappa shape index (κ3) is 2.99. The zero-order valence-electron chi connectivity index (χ0n) is 14.0. The third-order valence-corrected chi connectivity index (χ3v) is 4.13. The number of hydrogen-bond acceptors (Lipinski definition) is 4. The predicted molar refractivity (Wildman–Crippen MR) is 91.5 cm³/mol. The van der Waals surface area contributed by atoms with Gasteiger partial charge in [0.15, 0.2) is 11.3 Å². The lowest BCUT2D eigenvalue weighted by atomic mass is 10.3. The van der Waals surface area contributed by atoms with Crippen molar-refractivity contribution in [3.8, 4) is 0 Å². The van der Waals surface area contributed by atoms with Gasteiger partial charge in [0.25, 0.3) is 5.91 Å². The second-order valence-corrected chi connectivity index (χ2v) is 6.37. The summed E-state index contributed by atoms with van der Waals surface area (Å²) >= 11 is 6.24. The first kappa shape index (κ1) is 16.4. The van der Waals surface area contributed by atoms with E-state index in [-0.39, 0.29) is 22.7 Å². The summed E-state index contributed by atoms with van der Waals surface area (Å²) in [5.41, 5.74) is 3.59. The normalized spacial score (nSPS) is 12.5. The highest BCUT2D eigenvalue weighted by Crippen LogP contribution is 2.20. The first-order chi connectivity index (χ1) is 11.4. The van der Waals surface area contributed by atoms with Crippen molar-refractivity contribution in [3.63, 3.8) is 0 Å². The molecule has 7 nitrogen and oxygen atoms in total. The van der Waals surface area contributed by atoms with Gasteiger partial charge in [-0.15, -0.1) is 0 Å². The van der Waals surface area contributed by atoms with Gasteiger partial charge in [0, 0.05) is 24.6 Å². The lowest BCUT2D eigenvalue weighted by Gasteiger charge is -2.14. The summed E-state index contributed by atoms with van der Waals surface area (Å²) in [5, 5.41) is 11.8. The van der Waals surface area contributed by atoms with Gasteiger partial charge in [0.1, 0.15) is 5.02 Å². The number of nitrogens with zero attached hydrogens (tertiary/aromatic N) is 5. The number of carbonyl (C=O) groups is 1. The number of amides is 1. The van der Waals surface area contributed by atoms with Gasteiger partial charge in [-0.05, 0) is 39.3 Å². The van der Waals surface area contributed by atoms with E-state index in [0.29, 0.717) is 12.2 Å². The molecule has 1 atom stereocenters. The molecule has 3 aromatic rings. The van der Waals surface area contributed by atoms with Crippen molar-refractivity contribution < 1.29 is 4.79 Å². The number of rotatable bonds is 4. The predicted octanol–water partition coefficient (Wildman–Crippen LogP) is 2.50. The Bertz CT molecular complexity index is 913. The molecule has 3 aromatic heterocycles. The van der Waals surface area contributed by atoms with E-state index >= 15 is 0 Å². The van der Waals surface area contributed by atoms with E-state index in [0.717, 1.165) is 17.0 Å². The molecule has 24 heavy (non-hydrogen) atoms. The summed E-state index contributed by atoms with van der Waals surface area (Å²) in [4.78, 5) is 16.6. The van der Waals surface area contributed by atoms with E-state index in [1.54, 1.807) is 12.4 Å². The molecule has 0 spiro atoms. The van der Waals surface area contributed by atoms with Crippen molar-refractivity contribution in [2.45, 2.75) is 33.7 Å². The van der Waals surface area contributed by atoms with Crippen molar-refractivity contribution >= 4 is 23.2 Å². The largest absolute Gasteiger partial charge is 0.348 e. The van der Waals surface area contributed by atoms with Gasteiger partial charge in [-0.2, -0.15) is 10.2 Å².